The van der Waals surface area contributed by atoms with Gasteiger partial charge in [0.25, 0.3) is 5.91 Å². The fourth-order valence-electron chi connectivity index (χ4n) is 7.15. The van der Waals surface area contributed by atoms with Gasteiger partial charge in [-0.05, 0) is 92.3 Å². The molecule has 3 saturated heterocycles. The number of pyridine rings is 1. The fourth-order valence-corrected chi connectivity index (χ4v) is 7.15. The predicted octanol–water partition coefficient (Wildman–Crippen LogP) is 4.32. The number of fused-ring (bicyclic) bond motifs is 2. The molecule has 5 heterocycles. The van der Waals surface area contributed by atoms with E-state index >= 15 is 0 Å². The third kappa shape index (κ3) is 5.76. The molecule has 2 aromatic carbocycles. The minimum atomic E-state index is -0.615. The highest BCUT2D eigenvalue weighted by Crippen LogP contribution is 2.37. The Morgan fingerprint density at radius 1 is 1.05 bits per heavy atom. The maximum absolute atomic E-state index is 13.0. The van der Waals surface area contributed by atoms with Gasteiger partial charge in [0.1, 0.15) is 17.9 Å². The molecular formula is C34H38N4O5. The first-order chi connectivity index (χ1) is 20.7. The lowest BCUT2D eigenvalue weighted by atomic mass is 9.83. The fraction of sp³-hybridized carbons (Fsp3) is 0.471. The summed E-state index contributed by atoms with van der Waals surface area (Å²) in [4.78, 5) is 45.6. The number of piperidine rings is 1. The first-order valence-electron chi connectivity index (χ1n) is 15.4. The average Bonchev–Trinajstić information content (AvgIpc) is 3.55. The molecule has 3 fully saturated rings. The third-order valence-corrected chi connectivity index (χ3v) is 9.38. The number of likely N-dealkylation sites (tertiary alicyclic amines) is 1. The molecule has 224 valence electrons. The molecule has 1 N–H and O–H groups in total. The summed E-state index contributed by atoms with van der Waals surface area (Å²) in [5.41, 5.74) is 3.80. The van der Waals surface area contributed by atoms with E-state index in [4.69, 9.17) is 14.5 Å². The second kappa shape index (κ2) is 11.0. The van der Waals surface area contributed by atoms with Crippen LogP contribution in [0.15, 0.2) is 48.7 Å². The van der Waals surface area contributed by atoms with Crippen LogP contribution in [0.3, 0.4) is 0 Å². The molecule has 0 spiro atoms. The Bertz CT molecular complexity index is 1600. The predicted molar refractivity (Wildman–Crippen MR) is 161 cm³/mol. The van der Waals surface area contributed by atoms with Crippen molar-refractivity contribution in [2.75, 3.05) is 19.7 Å². The van der Waals surface area contributed by atoms with Crippen molar-refractivity contribution < 1.29 is 23.9 Å². The number of aromatic nitrogens is 1. The van der Waals surface area contributed by atoms with Gasteiger partial charge in [0.2, 0.25) is 11.8 Å². The van der Waals surface area contributed by atoms with Gasteiger partial charge in [-0.3, -0.25) is 29.6 Å². The van der Waals surface area contributed by atoms with Crippen LogP contribution in [0.4, 0.5) is 0 Å². The highest BCUT2D eigenvalue weighted by atomic mass is 16.5. The van der Waals surface area contributed by atoms with E-state index in [0.29, 0.717) is 24.4 Å². The van der Waals surface area contributed by atoms with Crippen LogP contribution < -0.4 is 10.1 Å². The molecular weight excluding hydrogens is 544 g/mol. The highest BCUT2D eigenvalue weighted by molar-refractivity contribution is 6.05. The summed E-state index contributed by atoms with van der Waals surface area (Å²) in [5, 5.41) is 4.74. The van der Waals surface area contributed by atoms with Crippen molar-refractivity contribution in [3.05, 3.63) is 71.0 Å². The molecule has 7 rings (SSSR count). The molecule has 0 bridgehead atoms. The van der Waals surface area contributed by atoms with Gasteiger partial charge in [-0.2, -0.15) is 0 Å². The summed E-state index contributed by atoms with van der Waals surface area (Å²) in [6.45, 7) is 8.00. The standard InChI is InChI=1S/C34H38N4O5/c1-34(2)16-23(10-12-42-34)21-3-4-22-14-26(35-17-24(22)13-21)19-37-11-9-28(20-37)43-27-5-6-29-25(15-27)18-38(33(29)41)30-7-8-31(39)36-32(30)40/h3-6,13-15,17,23,28,30H,7-12,16,18-20H2,1-2H3,(H,36,39,40)/t23-,28-,30-/m0/s1. The second-order valence-corrected chi connectivity index (χ2v) is 13.1. The number of nitrogens with one attached hydrogen (secondary N) is 1. The summed E-state index contributed by atoms with van der Waals surface area (Å²) < 4.78 is 12.3. The lowest BCUT2D eigenvalue weighted by Crippen LogP contribution is -2.52. The van der Waals surface area contributed by atoms with E-state index in [2.05, 4.69) is 48.3 Å². The molecule has 0 unspecified atom stereocenters. The number of carbonyl (C=O) groups excluding carboxylic acids is 3. The van der Waals surface area contributed by atoms with Crippen LogP contribution in [0.25, 0.3) is 10.8 Å². The number of hydrogen-bond donors (Lipinski definition) is 1. The summed E-state index contributed by atoms with van der Waals surface area (Å²) in [5.74, 6) is 0.396. The van der Waals surface area contributed by atoms with E-state index in [0.717, 1.165) is 62.5 Å². The van der Waals surface area contributed by atoms with E-state index in [-0.39, 0.29) is 29.9 Å². The normalized spacial score (nSPS) is 25.7. The highest BCUT2D eigenvalue weighted by Gasteiger charge is 2.39. The Kier molecular flexibility index (Phi) is 7.18. The first kappa shape index (κ1) is 28.0. The molecule has 3 aromatic rings. The summed E-state index contributed by atoms with van der Waals surface area (Å²) >= 11 is 0. The summed E-state index contributed by atoms with van der Waals surface area (Å²) in [7, 11) is 0. The number of ether oxygens (including phenoxy) is 2. The van der Waals surface area contributed by atoms with E-state index in [1.165, 1.54) is 16.3 Å². The van der Waals surface area contributed by atoms with Crippen LogP contribution >= 0.6 is 0 Å². The number of amides is 3. The Labute approximate surface area is 251 Å². The van der Waals surface area contributed by atoms with Crippen molar-refractivity contribution in [1.29, 1.82) is 0 Å². The van der Waals surface area contributed by atoms with Crippen LogP contribution in [0.2, 0.25) is 0 Å². The Balaban J connectivity index is 0.957. The van der Waals surface area contributed by atoms with Crippen molar-refractivity contribution in [2.24, 2.45) is 0 Å². The minimum Gasteiger partial charge on any atom is -0.489 e. The van der Waals surface area contributed by atoms with E-state index in [1.54, 1.807) is 11.0 Å². The molecule has 9 nitrogen and oxygen atoms in total. The lowest BCUT2D eigenvalue weighted by molar-refractivity contribution is -0.136. The largest absolute Gasteiger partial charge is 0.489 e. The number of nitrogens with zero attached hydrogens (tertiary/aromatic N) is 3. The number of hydrogen-bond acceptors (Lipinski definition) is 7. The molecule has 4 aliphatic rings. The van der Waals surface area contributed by atoms with E-state index in [1.807, 2.05) is 18.3 Å². The van der Waals surface area contributed by atoms with E-state index < -0.39 is 11.9 Å². The van der Waals surface area contributed by atoms with Crippen molar-refractivity contribution in [3.8, 4) is 5.75 Å². The molecule has 1 aromatic heterocycles. The molecule has 0 aliphatic carbocycles. The molecule has 3 atom stereocenters. The van der Waals surface area contributed by atoms with Gasteiger partial charge in [0.05, 0.1) is 11.3 Å². The van der Waals surface area contributed by atoms with Crippen molar-refractivity contribution >= 4 is 28.5 Å². The zero-order valence-corrected chi connectivity index (χ0v) is 24.8. The van der Waals surface area contributed by atoms with Gasteiger partial charge in [-0.1, -0.05) is 12.1 Å². The first-order valence-corrected chi connectivity index (χ1v) is 15.4. The molecule has 0 saturated carbocycles. The monoisotopic (exact) mass is 582 g/mol. The second-order valence-electron chi connectivity index (χ2n) is 13.1. The minimum absolute atomic E-state index is 0.0492. The van der Waals surface area contributed by atoms with Crippen LogP contribution in [-0.4, -0.2) is 69.9 Å². The summed E-state index contributed by atoms with van der Waals surface area (Å²) in [6, 6.07) is 13.9. The maximum atomic E-state index is 13.0. The summed E-state index contributed by atoms with van der Waals surface area (Å²) in [6.07, 6.45) is 5.66. The van der Waals surface area contributed by atoms with Crippen molar-refractivity contribution in [1.82, 2.24) is 20.1 Å². The molecule has 3 amide bonds. The quantitative estimate of drug-likeness (QED) is 0.432. The Hall–Kier alpha value is -3.82. The maximum Gasteiger partial charge on any atom is 0.255 e. The number of rotatable bonds is 6. The number of imide groups is 1. The zero-order valence-electron chi connectivity index (χ0n) is 24.8. The number of carbonyl (C=O) groups is 3. The lowest BCUT2D eigenvalue weighted by Gasteiger charge is -2.35. The van der Waals surface area contributed by atoms with Crippen LogP contribution in [0, 0.1) is 0 Å². The SMILES string of the molecule is CC1(C)C[C@@H](c2ccc3cc(CN4CC[C@H](Oc5ccc6c(c5)CN([C@H]5CCC(=O)NC5=O)C6=O)C4)ncc3c2)CCO1. The van der Waals surface area contributed by atoms with Gasteiger partial charge in [-0.25, -0.2) is 0 Å². The van der Waals surface area contributed by atoms with Gasteiger partial charge in [0.15, 0.2) is 0 Å². The molecule has 4 aliphatic heterocycles. The van der Waals surface area contributed by atoms with Gasteiger partial charge < -0.3 is 14.4 Å². The van der Waals surface area contributed by atoms with Crippen LogP contribution in [0.5, 0.6) is 5.75 Å². The van der Waals surface area contributed by atoms with E-state index in [9.17, 15) is 14.4 Å². The average molecular weight is 583 g/mol. The van der Waals surface area contributed by atoms with Crippen molar-refractivity contribution in [3.63, 3.8) is 0 Å². The zero-order chi connectivity index (χ0) is 29.7. The van der Waals surface area contributed by atoms with Gasteiger partial charge >= 0.3 is 0 Å². The Morgan fingerprint density at radius 3 is 2.77 bits per heavy atom. The van der Waals surface area contributed by atoms with Gasteiger partial charge in [-0.15, -0.1) is 0 Å². The van der Waals surface area contributed by atoms with Crippen LogP contribution in [0.1, 0.15) is 79.0 Å². The molecule has 9 heteroatoms. The smallest absolute Gasteiger partial charge is 0.255 e. The third-order valence-electron chi connectivity index (χ3n) is 9.38. The number of benzene rings is 2. The topological polar surface area (TPSA) is 101 Å². The molecule has 0 radical (unpaired) electrons. The van der Waals surface area contributed by atoms with Gasteiger partial charge in [0, 0.05) is 56.4 Å². The molecule has 43 heavy (non-hydrogen) atoms. The van der Waals surface area contributed by atoms with Crippen molar-refractivity contribution in [2.45, 2.75) is 82.7 Å². The Morgan fingerprint density at radius 2 is 1.93 bits per heavy atom. The van der Waals surface area contributed by atoms with Crippen LogP contribution in [-0.2, 0) is 27.4 Å².